The van der Waals surface area contributed by atoms with Gasteiger partial charge in [0, 0.05) is 43.0 Å². The van der Waals surface area contributed by atoms with Crippen LogP contribution in [-0.2, 0) is 14.9 Å². The van der Waals surface area contributed by atoms with Crippen LogP contribution in [0.25, 0.3) is 11.1 Å². The number of halogens is 3. The average Bonchev–Trinajstić information content (AvgIpc) is 3.12. The van der Waals surface area contributed by atoms with Crippen LogP contribution < -0.4 is 15.5 Å². The van der Waals surface area contributed by atoms with E-state index in [0.29, 0.717) is 13.1 Å². The Labute approximate surface area is 193 Å². The Bertz CT molecular complexity index is 1210. The molecule has 2 heterocycles. The molecule has 0 radical (unpaired) electrons. The summed E-state index contributed by atoms with van der Waals surface area (Å²) >= 11 is 0. The van der Waals surface area contributed by atoms with Gasteiger partial charge in [0.25, 0.3) is 0 Å². The minimum absolute atomic E-state index is 0.00708. The number of piperidine rings is 1. The average molecular weight is 470 g/mol. The van der Waals surface area contributed by atoms with Crippen LogP contribution in [0.4, 0.5) is 23.7 Å². The minimum atomic E-state index is -1.19. The maximum atomic E-state index is 15.1. The van der Waals surface area contributed by atoms with Gasteiger partial charge in [-0.25, -0.2) is 18.0 Å². The highest BCUT2D eigenvalue weighted by Crippen LogP contribution is 2.62. The molecule has 0 unspecified atom stereocenters. The fourth-order valence-electron chi connectivity index (χ4n) is 5.26. The van der Waals surface area contributed by atoms with Gasteiger partial charge in [0.15, 0.2) is 0 Å². The number of ether oxygens (including phenoxy) is 1. The van der Waals surface area contributed by atoms with Gasteiger partial charge in [0.2, 0.25) is 5.91 Å². The largest absolute Gasteiger partial charge is 0.442 e. The monoisotopic (exact) mass is 470 g/mol. The van der Waals surface area contributed by atoms with Crippen LogP contribution >= 0.6 is 0 Å². The van der Waals surface area contributed by atoms with Crippen molar-refractivity contribution in [3.8, 4) is 17.2 Å². The lowest BCUT2D eigenvalue weighted by Crippen LogP contribution is -2.33. The van der Waals surface area contributed by atoms with Gasteiger partial charge in [0.1, 0.15) is 23.6 Å². The quantitative estimate of drug-likeness (QED) is 0.701. The molecule has 5 rings (SSSR count). The smallest absolute Gasteiger partial charge is 0.414 e. The van der Waals surface area contributed by atoms with E-state index in [4.69, 9.17) is 4.74 Å². The van der Waals surface area contributed by atoms with Crippen LogP contribution in [0.3, 0.4) is 0 Å². The summed E-state index contributed by atoms with van der Waals surface area (Å²) < 4.78 is 50.3. The molecule has 0 aromatic heterocycles. The topological polar surface area (TPSA) is 94.5 Å². The number of benzene rings is 2. The second-order valence-corrected chi connectivity index (χ2v) is 8.88. The molecule has 1 aliphatic carbocycles. The standard InChI is InChI=1S/C24H21F3N4O3/c1-12(32)30-7-15-10-31(23(33)34-15)14-2-3-16(19(25)6-14)13-4-20(26)22(21(27)5-13)24(11-28)17-8-29-9-18(17)24/h2-6,15,17-18,29H,7-10H2,1H3,(H,30,32)/t15-,17-,18+,24+/m0/s1. The Morgan fingerprint density at radius 2 is 1.88 bits per heavy atom. The Kier molecular flexibility index (Phi) is 5.24. The summed E-state index contributed by atoms with van der Waals surface area (Å²) in [7, 11) is 0. The summed E-state index contributed by atoms with van der Waals surface area (Å²) in [6.45, 7) is 2.64. The van der Waals surface area contributed by atoms with Gasteiger partial charge in [-0.15, -0.1) is 0 Å². The molecule has 2 saturated heterocycles. The van der Waals surface area contributed by atoms with Crippen molar-refractivity contribution in [2.75, 3.05) is 31.1 Å². The summed E-state index contributed by atoms with van der Waals surface area (Å²) in [4.78, 5) is 24.5. The van der Waals surface area contributed by atoms with E-state index in [2.05, 4.69) is 16.7 Å². The third kappa shape index (κ3) is 3.39. The summed E-state index contributed by atoms with van der Waals surface area (Å²) in [6.07, 6.45) is -1.27. The van der Waals surface area contributed by atoms with Crippen LogP contribution in [-0.4, -0.2) is 44.3 Å². The molecule has 10 heteroatoms. The van der Waals surface area contributed by atoms with Crippen molar-refractivity contribution < 1.29 is 27.5 Å². The number of cyclic esters (lactones) is 1. The summed E-state index contributed by atoms with van der Waals surface area (Å²) in [6, 6.07) is 8.10. The number of hydrogen-bond donors (Lipinski definition) is 2. The number of nitrogens with one attached hydrogen (secondary N) is 2. The number of amides is 2. The van der Waals surface area contributed by atoms with Crippen LogP contribution in [0.2, 0.25) is 0 Å². The van der Waals surface area contributed by atoms with Crippen LogP contribution in [0.5, 0.6) is 0 Å². The van der Waals surface area contributed by atoms with Crippen molar-refractivity contribution in [3.63, 3.8) is 0 Å². The molecule has 3 aliphatic rings. The lowest BCUT2D eigenvalue weighted by molar-refractivity contribution is -0.119. The Balaban J connectivity index is 1.40. The molecule has 4 atom stereocenters. The molecule has 176 valence electrons. The van der Waals surface area contributed by atoms with Crippen molar-refractivity contribution >= 4 is 17.7 Å². The fraction of sp³-hybridized carbons (Fsp3) is 0.375. The first-order valence-corrected chi connectivity index (χ1v) is 10.9. The van der Waals surface area contributed by atoms with Crippen molar-refractivity contribution in [1.29, 1.82) is 5.26 Å². The van der Waals surface area contributed by atoms with Crippen LogP contribution in [0.1, 0.15) is 12.5 Å². The highest BCUT2D eigenvalue weighted by molar-refractivity contribution is 5.90. The first-order valence-electron chi connectivity index (χ1n) is 10.9. The van der Waals surface area contributed by atoms with Crippen molar-refractivity contribution in [3.05, 3.63) is 53.3 Å². The predicted molar refractivity (Wildman–Crippen MR) is 115 cm³/mol. The molecule has 2 aromatic carbocycles. The molecule has 1 saturated carbocycles. The number of anilines is 1. The van der Waals surface area contributed by atoms with Gasteiger partial charge in [0.05, 0.1) is 30.3 Å². The van der Waals surface area contributed by atoms with Crippen molar-refractivity contribution in [2.45, 2.75) is 18.4 Å². The Hall–Kier alpha value is -3.58. The molecule has 2 N–H and O–H groups in total. The summed E-state index contributed by atoms with van der Waals surface area (Å²) in [5, 5.41) is 15.4. The molecule has 2 amide bonds. The van der Waals surface area contributed by atoms with Gasteiger partial charge >= 0.3 is 6.09 Å². The van der Waals surface area contributed by atoms with Crippen molar-refractivity contribution in [1.82, 2.24) is 10.6 Å². The predicted octanol–water partition coefficient (Wildman–Crippen LogP) is 2.84. The van der Waals surface area contributed by atoms with E-state index in [1.54, 1.807) is 0 Å². The molecule has 2 aliphatic heterocycles. The van der Waals surface area contributed by atoms with E-state index in [9.17, 15) is 19.2 Å². The SMILES string of the molecule is CC(=O)NC[C@H]1CN(c2ccc(-c3cc(F)c([C@@]4(C#N)[C@@H]5CNC[C@@H]54)c(F)c3)c(F)c2)C(=O)O1. The van der Waals surface area contributed by atoms with E-state index < -0.39 is 35.1 Å². The fourth-order valence-corrected chi connectivity index (χ4v) is 5.26. The minimum Gasteiger partial charge on any atom is -0.442 e. The van der Waals surface area contributed by atoms with Gasteiger partial charge in [-0.2, -0.15) is 5.26 Å². The Morgan fingerprint density at radius 1 is 1.21 bits per heavy atom. The lowest BCUT2D eigenvalue weighted by Gasteiger charge is -2.17. The molecule has 34 heavy (non-hydrogen) atoms. The number of nitrogens with zero attached hydrogens (tertiary/aromatic N) is 2. The van der Waals surface area contributed by atoms with E-state index in [1.807, 2.05) is 0 Å². The van der Waals surface area contributed by atoms with E-state index >= 15 is 8.78 Å². The second-order valence-electron chi connectivity index (χ2n) is 8.88. The first-order chi connectivity index (χ1) is 16.3. The van der Waals surface area contributed by atoms with Crippen LogP contribution in [0.15, 0.2) is 30.3 Å². The molecular weight excluding hydrogens is 449 g/mol. The third-order valence-corrected chi connectivity index (χ3v) is 6.94. The van der Waals surface area contributed by atoms with E-state index in [-0.39, 0.29) is 53.2 Å². The Morgan fingerprint density at radius 3 is 2.47 bits per heavy atom. The molecule has 2 aromatic rings. The molecule has 0 bridgehead atoms. The zero-order valence-corrected chi connectivity index (χ0v) is 18.2. The van der Waals surface area contributed by atoms with Gasteiger partial charge in [-0.3, -0.25) is 9.69 Å². The van der Waals surface area contributed by atoms with Crippen LogP contribution in [0, 0.1) is 40.6 Å². The van der Waals surface area contributed by atoms with Crippen molar-refractivity contribution in [2.24, 2.45) is 11.8 Å². The number of carbonyl (C=O) groups is 2. The number of carbonyl (C=O) groups excluding carboxylic acids is 2. The number of nitriles is 1. The number of rotatable bonds is 5. The van der Waals surface area contributed by atoms with E-state index in [0.717, 1.165) is 18.2 Å². The summed E-state index contributed by atoms with van der Waals surface area (Å²) in [5.74, 6) is -3.07. The van der Waals surface area contributed by atoms with Gasteiger partial charge < -0.3 is 15.4 Å². The highest BCUT2D eigenvalue weighted by atomic mass is 19.1. The summed E-state index contributed by atoms with van der Waals surface area (Å²) in [5.41, 5.74) is -1.27. The molecule has 7 nitrogen and oxygen atoms in total. The molecular formula is C24H21F3N4O3. The second kappa shape index (κ2) is 8.02. The lowest BCUT2D eigenvalue weighted by atomic mass is 9.89. The van der Waals surface area contributed by atoms with E-state index in [1.165, 1.54) is 24.0 Å². The molecule has 0 spiro atoms. The molecule has 3 fully saturated rings. The first kappa shape index (κ1) is 22.2. The maximum Gasteiger partial charge on any atom is 0.414 e. The number of hydrogen-bond acceptors (Lipinski definition) is 5. The normalized spacial score (nSPS) is 27.2. The zero-order valence-electron chi connectivity index (χ0n) is 18.2. The third-order valence-electron chi connectivity index (χ3n) is 6.94. The maximum absolute atomic E-state index is 15.1. The highest BCUT2D eigenvalue weighted by Gasteiger charge is 2.69. The zero-order chi connectivity index (χ0) is 24.2. The van der Waals surface area contributed by atoms with Gasteiger partial charge in [-0.05, 0) is 35.9 Å². The number of fused-ring (bicyclic) bond motifs is 1. The van der Waals surface area contributed by atoms with Gasteiger partial charge in [-0.1, -0.05) is 0 Å².